The summed E-state index contributed by atoms with van der Waals surface area (Å²) in [5, 5.41) is 3.64. The molecule has 1 fully saturated rings. The van der Waals surface area contributed by atoms with Crippen molar-refractivity contribution in [3.05, 3.63) is 29.8 Å². The molecule has 0 bridgehead atoms. The lowest BCUT2D eigenvalue weighted by molar-refractivity contribution is 0.666. The molecule has 1 aromatic rings. The lowest BCUT2D eigenvalue weighted by Crippen LogP contribution is -2.24. The van der Waals surface area contributed by atoms with Crippen molar-refractivity contribution < 1.29 is 0 Å². The van der Waals surface area contributed by atoms with E-state index in [9.17, 15) is 0 Å². The van der Waals surface area contributed by atoms with Crippen LogP contribution in [-0.4, -0.2) is 17.5 Å². The van der Waals surface area contributed by atoms with E-state index in [1.807, 2.05) is 0 Å². The summed E-state index contributed by atoms with van der Waals surface area (Å²) in [6.45, 7) is 2.17. The molecular formula is C12H17NS. The van der Waals surface area contributed by atoms with E-state index in [1.165, 1.54) is 35.6 Å². The molecule has 0 radical (unpaired) electrons. The smallest absolute Gasteiger partial charge is 0.0372 e. The molecule has 14 heavy (non-hydrogen) atoms. The number of nitrogens with one attached hydrogen (secondary N) is 1. The quantitative estimate of drug-likeness (QED) is 0.798. The highest BCUT2D eigenvalue weighted by Gasteiger charge is 2.13. The second-order valence-corrected chi connectivity index (χ2v) is 5.07. The topological polar surface area (TPSA) is 12.0 Å². The van der Waals surface area contributed by atoms with Crippen molar-refractivity contribution in [3.8, 4) is 0 Å². The normalized spacial score (nSPS) is 18.1. The van der Waals surface area contributed by atoms with Crippen molar-refractivity contribution in [3.63, 3.8) is 0 Å². The maximum absolute atomic E-state index is 3.64. The summed E-state index contributed by atoms with van der Waals surface area (Å²) in [5.74, 6) is 2.62. The summed E-state index contributed by atoms with van der Waals surface area (Å²) < 4.78 is 0. The molecular weight excluding hydrogens is 190 g/mol. The fourth-order valence-electron chi connectivity index (χ4n) is 1.80. The van der Waals surface area contributed by atoms with Crippen LogP contribution in [0.4, 0.5) is 5.69 Å². The molecule has 1 N–H and O–H groups in total. The summed E-state index contributed by atoms with van der Waals surface area (Å²) in [6.07, 6.45) is 2.61. The van der Waals surface area contributed by atoms with E-state index in [0.717, 1.165) is 0 Å². The fourth-order valence-corrected chi connectivity index (χ4v) is 2.90. The first-order valence-corrected chi connectivity index (χ1v) is 6.41. The van der Waals surface area contributed by atoms with Crippen molar-refractivity contribution in [2.45, 2.75) is 25.8 Å². The van der Waals surface area contributed by atoms with E-state index in [4.69, 9.17) is 0 Å². The standard InChI is InChI=1S/C12H17NS/c1-10-4-2-3-5-12(10)13-11-6-8-14-9-7-11/h2-5,11,13H,6-9H2,1H3. The molecule has 0 aromatic heterocycles. The molecule has 2 rings (SSSR count). The first-order chi connectivity index (χ1) is 6.86. The average Bonchev–Trinajstić information content (AvgIpc) is 2.23. The van der Waals surface area contributed by atoms with Crippen LogP contribution in [0.15, 0.2) is 24.3 Å². The zero-order valence-corrected chi connectivity index (χ0v) is 9.44. The van der Waals surface area contributed by atoms with E-state index in [2.05, 4.69) is 48.3 Å². The Bertz CT molecular complexity index is 292. The summed E-state index contributed by atoms with van der Waals surface area (Å²) in [4.78, 5) is 0. The van der Waals surface area contributed by atoms with Gasteiger partial charge in [-0.3, -0.25) is 0 Å². The van der Waals surface area contributed by atoms with Crippen molar-refractivity contribution in [2.24, 2.45) is 0 Å². The van der Waals surface area contributed by atoms with Gasteiger partial charge in [0.15, 0.2) is 0 Å². The lowest BCUT2D eigenvalue weighted by atomic mass is 10.1. The SMILES string of the molecule is Cc1ccccc1NC1CCSCC1. The van der Waals surface area contributed by atoms with Crippen LogP contribution >= 0.6 is 11.8 Å². The number of aryl methyl sites for hydroxylation is 1. The maximum Gasteiger partial charge on any atom is 0.0372 e. The van der Waals surface area contributed by atoms with Crippen LogP contribution in [0.25, 0.3) is 0 Å². The van der Waals surface area contributed by atoms with Crippen LogP contribution in [0.3, 0.4) is 0 Å². The zero-order valence-electron chi connectivity index (χ0n) is 8.62. The fraction of sp³-hybridized carbons (Fsp3) is 0.500. The van der Waals surface area contributed by atoms with Gasteiger partial charge in [-0.05, 0) is 42.9 Å². The number of anilines is 1. The minimum absolute atomic E-state index is 0.692. The van der Waals surface area contributed by atoms with Gasteiger partial charge in [0.2, 0.25) is 0 Å². The van der Waals surface area contributed by atoms with Gasteiger partial charge in [-0.2, -0.15) is 11.8 Å². The minimum atomic E-state index is 0.692. The Morgan fingerprint density at radius 1 is 1.21 bits per heavy atom. The Balaban J connectivity index is 1.99. The maximum atomic E-state index is 3.64. The van der Waals surface area contributed by atoms with Crippen molar-refractivity contribution >= 4 is 17.4 Å². The molecule has 1 heterocycles. The van der Waals surface area contributed by atoms with E-state index >= 15 is 0 Å². The summed E-state index contributed by atoms with van der Waals surface area (Å²) in [7, 11) is 0. The van der Waals surface area contributed by atoms with Crippen molar-refractivity contribution in [2.75, 3.05) is 16.8 Å². The Hall–Kier alpha value is -0.630. The van der Waals surface area contributed by atoms with E-state index < -0.39 is 0 Å². The molecule has 0 saturated carbocycles. The number of hydrogen-bond acceptors (Lipinski definition) is 2. The summed E-state index contributed by atoms with van der Waals surface area (Å²) in [6, 6.07) is 9.23. The van der Waals surface area contributed by atoms with Crippen LogP contribution in [-0.2, 0) is 0 Å². The summed E-state index contributed by atoms with van der Waals surface area (Å²) in [5.41, 5.74) is 2.66. The molecule has 1 aromatic carbocycles. The highest BCUT2D eigenvalue weighted by atomic mass is 32.2. The number of hydrogen-bond donors (Lipinski definition) is 1. The minimum Gasteiger partial charge on any atom is -0.382 e. The van der Waals surface area contributed by atoms with Crippen LogP contribution in [0.2, 0.25) is 0 Å². The first kappa shape index (κ1) is 9.91. The van der Waals surface area contributed by atoms with Crippen molar-refractivity contribution in [1.29, 1.82) is 0 Å². The van der Waals surface area contributed by atoms with Gasteiger partial charge >= 0.3 is 0 Å². The van der Waals surface area contributed by atoms with Crippen LogP contribution in [0.1, 0.15) is 18.4 Å². The largest absolute Gasteiger partial charge is 0.382 e. The van der Waals surface area contributed by atoms with Gasteiger partial charge in [0.25, 0.3) is 0 Å². The van der Waals surface area contributed by atoms with Gasteiger partial charge in [0.1, 0.15) is 0 Å². The van der Waals surface area contributed by atoms with Gasteiger partial charge in [-0.25, -0.2) is 0 Å². The Morgan fingerprint density at radius 2 is 1.93 bits per heavy atom. The molecule has 0 amide bonds. The van der Waals surface area contributed by atoms with Crippen LogP contribution < -0.4 is 5.32 Å². The highest BCUT2D eigenvalue weighted by Crippen LogP contribution is 2.22. The molecule has 0 aliphatic carbocycles. The monoisotopic (exact) mass is 207 g/mol. The predicted octanol–water partition coefficient (Wildman–Crippen LogP) is 3.30. The van der Waals surface area contributed by atoms with Gasteiger partial charge < -0.3 is 5.32 Å². The third-order valence-electron chi connectivity index (χ3n) is 2.73. The third kappa shape index (κ3) is 2.44. The zero-order chi connectivity index (χ0) is 9.80. The molecule has 1 aliphatic rings. The van der Waals surface area contributed by atoms with Crippen molar-refractivity contribution in [1.82, 2.24) is 0 Å². The molecule has 76 valence electrons. The number of rotatable bonds is 2. The summed E-state index contributed by atoms with van der Waals surface area (Å²) >= 11 is 2.07. The average molecular weight is 207 g/mol. The van der Waals surface area contributed by atoms with Gasteiger partial charge in [-0.15, -0.1) is 0 Å². The molecule has 1 nitrogen and oxygen atoms in total. The van der Waals surface area contributed by atoms with E-state index in [0.29, 0.717) is 6.04 Å². The van der Waals surface area contributed by atoms with Gasteiger partial charge in [0, 0.05) is 11.7 Å². The van der Waals surface area contributed by atoms with Crippen LogP contribution in [0.5, 0.6) is 0 Å². The molecule has 0 atom stereocenters. The highest BCUT2D eigenvalue weighted by molar-refractivity contribution is 7.99. The lowest BCUT2D eigenvalue weighted by Gasteiger charge is -2.24. The van der Waals surface area contributed by atoms with Gasteiger partial charge in [-0.1, -0.05) is 18.2 Å². The second-order valence-electron chi connectivity index (χ2n) is 3.85. The van der Waals surface area contributed by atoms with E-state index in [-0.39, 0.29) is 0 Å². The molecule has 0 spiro atoms. The molecule has 1 aliphatic heterocycles. The van der Waals surface area contributed by atoms with Crippen LogP contribution in [0, 0.1) is 6.92 Å². The predicted molar refractivity (Wildman–Crippen MR) is 65.1 cm³/mol. The second kappa shape index (κ2) is 4.74. The number of thioether (sulfide) groups is 1. The third-order valence-corrected chi connectivity index (χ3v) is 3.77. The Kier molecular flexibility index (Phi) is 3.35. The molecule has 1 saturated heterocycles. The number of para-hydroxylation sites is 1. The molecule has 0 unspecified atom stereocenters. The Labute approximate surface area is 90.3 Å². The number of benzene rings is 1. The molecule has 2 heteroatoms. The first-order valence-electron chi connectivity index (χ1n) is 5.26. The Morgan fingerprint density at radius 3 is 2.64 bits per heavy atom. The van der Waals surface area contributed by atoms with E-state index in [1.54, 1.807) is 0 Å². The van der Waals surface area contributed by atoms with Gasteiger partial charge in [0.05, 0.1) is 0 Å².